The summed E-state index contributed by atoms with van der Waals surface area (Å²) >= 11 is 1.21. The Labute approximate surface area is 160 Å². The maximum Gasteiger partial charge on any atom is 0.276 e. The molecule has 0 atom stereocenters. The minimum atomic E-state index is -0.930. The van der Waals surface area contributed by atoms with E-state index in [2.05, 4.69) is 10.9 Å². The molecule has 144 valence electrons. The molecule has 0 bridgehead atoms. The van der Waals surface area contributed by atoms with Crippen molar-refractivity contribution in [1.82, 2.24) is 10.9 Å². The van der Waals surface area contributed by atoms with Crippen LogP contribution in [0.4, 0.5) is 8.78 Å². The quantitative estimate of drug-likeness (QED) is 0.559. The highest BCUT2D eigenvalue weighted by Crippen LogP contribution is 2.21. The summed E-state index contributed by atoms with van der Waals surface area (Å²) in [4.78, 5) is 24.0. The summed E-state index contributed by atoms with van der Waals surface area (Å²) < 4.78 is 31.3. The number of hydrogen-bond donors (Lipinski definition) is 2. The number of carbonyl (C=O) groups excluding carboxylic acids is 2. The molecule has 0 aliphatic carbocycles. The molecular weight excluding hydrogens is 374 g/mol. The van der Waals surface area contributed by atoms with Crippen molar-refractivity contribution in [2.75, 3.05) is 12.4 Å². The van der Waals surface area contributed by atoms with Gasteiger partial charge in [-0.2, -0.15) is 0 Å². The Hall–Kier alpha value is -2.61. The van der Waals surface area contributed by atoms with E-state index in [0.29, 0.717) is 16.4 Å². The van der Waals surface area contributed by atoms with Crippen molar-refractivity contribution in [2.24, 2.45) is 0 Å². The van der Waals surface area contributed by atoms with E-state index in [4.69, 9.17) is 4.74 Å². The van der Waals surface area contributed by atoms with Crippen LogP contribution < -0.4 is 15.6 Å². The molecule has 8 heteroatoms. The molecule has 0 aromatic heterocycles. The number of nitrogens with one attached hydrogen (secondary N) is 2. The lowest BCUT2D eigenvalue weighted by Crippen LogP contribution is -2.43. The molecule has 0 radical (unpaired) electrons. The van der Waals surface area contributed by atoms with Crippen LogP contribution in [0.25, 0.3) is 0 Å². The zero-order chi connectivity index (χ0) is 19.8. The Morgan fingerprint density at radius 2 is 1.63 bits per heavy atom. The van der Waals surface area contributed by atoms with Crippen LogP contribution in [0.5, 0.6) is 5.75 Å². The number of thioether (sulfide) groups is 1. The first-order valence-electron chi connectivity index (χ1n) is 8.20. The topological polar surface area (TPSA) is 67.4 Å². The van der Waals surface area contributed by atoms with Gasteiger partial charge in [0.25, 0.3) is 5.91 Å². The number of amides is 2. The Morgan fingerprint density at radius 3 is 2.30 bits per heavy atom. The third-order valence-electron chi connectivity index (χ3n) is 3.40. The van der Waals surface area contributed by atoms with Gasteiger partial charge in [-0.05, 0) is 55.3 Å². The molecule has 0 aliphatic heterocycles. The first-order valence-corrected chi connectivity index (χ1v) is 9.18. The predicted octanol–water partition coefficient (Wildman–Crippen LogP) is 3.29. The molecule has 0 unspecified atom stereocenters. The highest BCUT2D eigenvalue weighted by molar-refractivity contribution is 7.99. The zero-order valence-corrected chi connectivity index (χ0v) is 15.8. The summed E-state index contributed by atoms with van der Waals surface area (Å²) in [6, 6.07) is 9.17. The molecular formula is C19H20F2N2O3S. The van der Waals surface area contributed by atoms with E-state index in [9.17, 15) is 18.4 Å². The van der Waals surface area contributed by atoms with Gasteiger partial charge in [0.05, 0.1) is 0 Å². The van der Waals surface area contributed by atoms with Crippen LogP contribution in [-0.4, -0.2) is 24.2 Å². The van der Waals surface area contributed by atoms with E-state index < -0.39 is 23.4 Å². The van der Waals surface area contributed by atoms with Gasteiger partial charge in [0.1, 0.15) is 5.75 Å². The summed E-state index contributed by atoms with van der Waals surface area (Å²) in [7, 11) is 0. The fourth-order valence-electron chi connectivity index (χ4n) is 2.23. The lowest BCUT2D eigenvalue weighted by molar-refractivity contribution is -0.129. The predicted molar refractivity (Wildman–Crippen MR) is 99.4 cm³/mol. The van der Waals surface area contributed by atoms with Gasteiger partial charge in [0.15, 0.2) is 18.2 Å². The van der Waals surface area contributed by atoms with Crippen molar-refractivity contribution in [3.8, 4) is 5.75 Å². The normalized spacial score (nSPS) is 10.4. The maximum atomic E-state index is 13.1. The number of carbonyl (C=O) groups is 2. The molecule has 2 aromatic rings. The molecule has 0 saturated carbocycles. The monoisotopic (exact) mass is 394 g/mol. The van der Waals surface area contributed by atoms with Crippen molar-refractivity contribution in [3.63, 3.8) is 0 Å². The Kier molecular flexibility index (Phi) is 7.60. The van der Waals surface area contributed by atoms with E-state index in [-0.39, 0.29) is 13.0 Å². The minimum absolute atomic E-state index is 0.0991. The molecule has 5 nitrogen and oxygen atoms in total. The smallest absolute Gasteiger partial charge is 0.276 e. The summed E-state index contributed by atoms with van der Waals surface area (Å²) in [6.07, 6.45) is 0.0991. The molecule has 0 heterocycles. The Bertz CT molecular complexity index is 810. The lowest BCUT2D eigenvalue weighted by Gasteiger charge is -2.10. The molecule has 0 fully saturated rings. The second kappa shape index (κ2) is 9.91. The van der Waals surface area contributed by atoms with Crippen molar-refractivity contribution in [3.05, 3.63) is 59.2 Å². The summed E-state index contributed by atoms with van der Waals surface area (Å²) in [5.41, 5.74) is 6.60. The zero-order valence-electron chi connectivity index (χ0n) is 15.0. The second-order valence-corrected chi connectivity index (χ2v) is 7.05. The number of aryl methyl sites for hydroxylation is 2. The number of halogens is 2. The second-order valence-electron chi connectivity index (χ2n) is 5.88. The molecule has 0 aliphatic rings. The van der Waals surface area contributed by atoms with E-state index in [1.165, 1.54) is 17.8 Å². The molecule has 27 heavy (non-hydrogen) atoms. The fraction of sp³-hybridized carbons (Fsp3) is 0.263. The van der Waals surface area contributed by atoms with Gasteiger partial charge in [0, 0.05) is 17.1 Å². The number of rotatable bonds is 7. The van der Waals surface area contributed by atoms with E-state index in [1.54, 1.807) is 0 Å². The number of benzene rings is 2. The van der Waals surface area contributed by atoms with E-state index in [0.717, 1.165) is 23.3 Å². The molecule has 2 N–H and O–H groups in total. The van der Waals surface area contributed by atoms with Crippen molar-refractivity contribution in [1.29, 1.82) is 0 Å². The third-order valence-corrected chi connectivity index (χ3v) is 4.39. The highest BCUT2D eigenvalue weighted by atomic mass is 32.2. The number of hydrogen-bond acceptors (Lipinski definition) is 4. The van der Waals surface area contributed by atoms with Gasteiger partial charge >= 0.3 is 0 Å². The fourth-order valence-corrected chi connectivity index (χ4v) is 3.11. The van der Waals surface area contributed by atoms with Crippen molar-refractivity contribution >= 4 is 23.6 Å². The van der Waals surface area contributed by atoms with E-state index >= 15 is 0 Å². The average Bonchev–Trinajstić information content (AvgIpc) is 2.60. The minimum Gasteiger partial charge on any atom is -0.484 e. The molecule has 2 aromatic carbocycles. The first kappa shape index (κ1) is 20.7. The Morgan fingerprint density at radius 1 is 0.963 bits per heavy atom. The van der Waals surface area contributed by atoms with Crippen LogP contribution in [0.1, 0.15) is 17.5 Å². The average molecular weight is 394 g/mol. The standard InChI is InChI=1S/C19H20F2N2O3S/c1-12-7-13(2)9-14(8-12)26-11-19(25)23-22-18(24)5-6-27-15-3-4-16(20)17(21)10-15/h3-4,7-10H,5-6,11H2,1-2H3,(H,22,24)(H,23,25). The van der Waals surface area contributed by atoms with Crippen LogP contribution in [-0.2, 0) is 9.59 Å². The molecule has 2 rings (SSSR count). The van der Waals surface area contributed by atoms with Crippen molar-refractivity contribution < 1.29 is 23.1 Å². The van der Waals surface area contributed by atoms with Crippen LogP contribution in [0, 0.1) is 25.5 Å². The molecule has 0 spiro atoms. The highest BCUT2D eigenvalue weighted by Gasteiger charge is 2.08. The maximum absolute atomic E-state index is 13.1. The first-order chi connectivity index (χ1) is 12.8. The Balaban J connectivity index is 1.65. The van der Waals surface area contributed by atoms with Crippen LogP contribution in [0.3, 0.4) is 0 Å². The van der Waals surface area contributed by atoms with Crippen LogP contribution >= 0.6 is 11.8 Å². The van der Waals surface area contributed by atoms with Crippen molar-refractivity contribution in [2.45, 2.75) is 25.2 Å². The van der Waals surface area contributed by atoms with Gasteiger partial charge < -0.3 is 4.74 Å². The van der Waals surface area contributed by atoms with Gasteiger partial charge in [-0.25, -0.2) is 8.78 Å². The van der Waals surface area contributed by atoms with Crippen LogP contribution in [0.2, 0.25) is 0 Å². The number of hydrazine groups is 1. The van der Waals surface area contributed by atoms with Crippen LogP contribution in [0.15, 0.2) is 41.3 Å². The van der Waals surface area contributed by atoms with Gasteiger partial charge in [0.2, 0.25) is 5.91 Å². The largest absolute Gasteiger partial charge is 0.484 e. The van der Waals surface area contributed by atoms with E-state index in [1.807, 2.05) is 32.0 Å². The SMILES string of the molecule is Cc1cc(C)cc(OCC(=O)NNC(=O)CCSc2ccc(F)c(F)c2)c1. The van der Waals surface area contributed by atoms with Gasteiger partial charge in [-0.15, -0.1) is 11.8 Å². The van der Waals surface area contributed by atoms with Gasteiger partial charge in [-0.1, -0.05) is 6.07 Å². The third kappa shape index (κ3) is 7.26. The number of ether oxygens (including phenoxy) is 1. The lowest BCUT2D eigenvalue weighted by atomic mass is 10.1. The summed E-state index contributed by atoms with van der Waals surface area (Å²) in [6.45, 7) is 3.63. The summed E-state index contributed by atoms with van der Waals surface area (Å²) in [5.74, 6) is -1.80. The molecule has 0 saturated heterocycles. The summed E-state index contributed by atoms with van der Waals surface area (Å²) in [5, 5.41) is 0. The van der Waals surface area contributed by atoms with Gasteiger partial charge in [-0.3, -0.25) is 20.4 Å². The molecule has 2 amide bonds.